The SMILES string of the molecule is CC(C)Oc1cc2nc([C@]34CC[C@](C)(C3)OC4)cn2cc1C(=O)Nc1cccn(C2CC2)c1=O. The van der Waals surface area contributed by atoms with Gasteiger partial charge in [0.25, 0.3) is 11.5 Å². The molecule has 4 heterocycles. The van der Waals surface area contributed by atoms with E-state index in [-0.39, 0.29) is 40.3 Å². The number of fused-ring (bicyclic) bond motifs is 3. The molecule has 1 N–H and O–H groups in total. The zero-order valence-corrected chi connectivity index (χ0v) is 19.8. The Morgan fingerprint density at radius 2 is 2.12 bits per heavy atom. The summed E-state index contributed by atoms with van der Waals surface area (Å²) in [5.41, 5.74) is 2.05. The quantitative estimate of drug-likeness (QED) is 0.597. The number of pyridine rings is 2. The van der Waals surface area contributed by atoms with Gasteiger partial charge in [-0.05, 0) is 65.0 Å². The fraction of sp³-hybridized carbons (Fsp3) is 0.500. The number of ether oxygens (including phenoxy) is 2. The maximum absolute atomic E-state index is 13.3. The van der Waals surface area contributed by atoms with Gasteiger partial charge >= 0.3 is 0 Å². The lowest BCUT2D eigenvalue weighted by atomic mass is 9.84. The fourth-order valence-corrected chi connectivity index (χ4v) is 5.48. The lowest BCUT2D eigenvalue weighted by Crippen LogP contribution is -2.26. The molecule has 8 nitrogen and oxygen atoms in total. The minimum atomic E-state index is -0.380. The Bertz CT molecular complexity index is 1340. The molecule has 2 saturated carbocycles. The molecule has 178 valence electrons. The third-order valence-corrected chi connectivity index (χ3v) is 7.41. The monoisotopic (exact) mass is 462 g/mol. The van der Waals surface area contributed by atoms with Crippen LogP contribution >= 0.6 is 0 Å². The first-order valence-electron chi connectivity index (χ1n) is 12.1. The van der Waals surface area contributed by atoms with Gasteiger partial charge in [0.05, 0.1) is 29.6 Å². The Hall–Kier alpha value is -3.13. The van der Waals surface area contributed by atoms with E-state index in [9.17, 15) is 9.59 Å². The topological polar surface area (TPSA) is 86.9 Å². The van der Waals surface area contributed by atoms with E-state index >= 15 is 0 Å². The van der Waals surface area contributed by atoms with Gasteiger partial charge in [0.1, 0.15) is 17.1 Å². The van der Waals surface area contributed by atoms with Crippen LogP contribution in [0, 0.1) is 0 Å². The van der Waals surface area contributed by atoms with Crippen LogP contribution in [0.15, 0.2) is 41.6 Å². The van der Waals surface area contributed by atoms with E-state index in [0.717, 1.165) is 43.4 Å². The molecular weight excluding hydrogens is 432 g/mol. The van der Waals surface area contributed by atoms with Crippen molar-refractivity contribution in [2.75, 3.05) is 11.9 Å². The van der Waals surface area contributed by atoms with E-state index in [4.69, 9.17) is 14.5 Å². The van der Waals surface area contributed by atoms with Crippen LogP contribution in [0.25, 0.3) is 5.65 Å². The highest BCUT2D eigenvalue weighted by molar-refractivity contribution is 6.06. The Labute approximate surface area is 197 Å². The van der Waals surface area contributed by atoms with Crippen molar-refractivity contribution >= 4 is 17.2 Å². The molecule has 0 unspecified atom stereocenters. The summed E-state index contributed by atoms with van der Waals surface area (Å²) in [6.45, 7) is 6.69. The van der Waals surface area contributed by atoms with Gasteiger partial charge in [-0.2, -0.15) is 0 Å². The van der Waals surface area contributed by atoms with Gasteiger partial charge in [-0.3, -0.25) is 9.59 Å². The van der Waals surface area contributed by atoms with E-state index in [2.05, 4.69) is 12.2 Å². The molecule has 0 radical (unpaired) electrons. The molecule has 2 aliphatic carbocycles. The van der Waals surface area contributed by atoms with Crippen LogP contribution in [0.5, 0.6) is 5.75 Å². The molecule has 3 aromatic rings. The summed E-state index contributed by atoms with van der Waals surface area (Å²) in [7, 11) is 0. The van der Waals surface area contributed by atoms with Crippen LogP contribution in [0.1, 0.15) is 75.0 Å². The Balaban J connectivity index is 1.37. The zero-order valence-electron chi connectivity index (χ0n) is 19.8. The normalized spacial score (nSPS) is 25.9. The number of nitrogens with one attached hydrogen (secondary N) is 1. The summed E-state index contributed by atoms with van der Waals surface area (Å²) in [5, 5.41) is 2.81. The van der Waals surface area contributed by atoms with E-state index in [1.807, 2.05) is 30.5 Å². The summed E-state index contributed by atoms with van der Waals surface area (Å²) >= 11 is 0. The molecule has 1 amide bonds. The minimum absolute atomic E-state index is 0.0597. The lowest BCUT2D eigenvalue weighted by Gasteiger charge is -2.24. The molecule has 8 heteroatoms. The molecule has 34 heavy (non-hydrogen) atoms. The van der Waals surface area contributed by atoms with Gasteiger partial charge in [-0.25, -0.2) is 4.98 Å². The number of imidazole rings is 1. The number of nitrogens with zero attached hydrogens (tertiary/aromatic N) is 3. The standard InChI is InChI=1S/C26H30N4O4/c1-16(2)34-20-11-22-28-21(26-9-8-25(3,14-26)33-15-26)13-29(22)12-18(20)23(31)27-19-5-4-10-30(24(19)32)17-6-7-17/h4-5,10-13,16-17H,6-9,14-15H2,1-3H3,(H,27,31)/t25-,26-/m1/s1. The molecule has 0 aromatic carbocycles. The summed E-state index contributed by atoms with van der Waals surface area (Å²) in [6.07, 6.45) is 10.5. The summed E-state index contributed by atoms with van der Waals surface area (Å²) in [5.74, 6) is 0.0706. The second-order valence-corrected chi connectivity index (χ2v) is 10.6. The molecule has 3 aliphatic rings. The van der Waals surface area contributed by atoms with Crippen LogP contribution in [0.4, 0.5) is 5.69 Å². The molecular formula is C26H30N4O4. The lowest BCUT2D eigenvalue weighted by molar-refractivity contribution is -0.00627. The van der Waals surface area contributed by atoms with Crippen molar-refractivity contribution in [3.8, 4) is 5.75 Å². The van der Waals surface area contributed by atoms with E-state index in [1.54, 1.807) is 29.1 Å². The van der Waals surface area contributed by atoms with E-state index in [1.165, 1.54) is 0 Å². The van der Waals surface area contributed by atoms with Gasteiger partial charge in [0, 0.05) is 36.1 Å². The molecule has 0 spiro atoms. The van der Waals surface area contributed by atoms with E-state index in [0.29, 0.717) is 17.9 Å². The highest BCUT2D eigenvalue weighted by Crippen LogP contribution is 2.53. The third kappa shape index (κ3) is 3.52. The average molecular weight is 463 g/mol. The van der Waals surface area contributed by atoms with Gasteiger partial charge in [-0.15, -0.1) is 0 Å². The highest BCUT2D eigenvalue weighted by atomic mass is 16.5. The number of aromatic nitrogens is 3. The Morgan fingerprint density at radius 1 is 1.29 bits per heavy atom. The van der Waals surface area contributed by atoms with Crippen LogP contribution in [-0.4, -0.2) is 38.2 Å². The maximum Gasteiger partial charge on any atom is 0.274 e. The van der Waals surface area contributed by atoms with Crippen molar-refractivity contribution < 1.29 is 14.3 Å². The van der Waals surface area contributed by atoms with Crippen molar-refractivity contribution in [1.29, 1.82) is 0 Å². The molecule has 1 saturated heterocycles. The first-order valence-corrected chi connectivity index (χ1v) is 12.1. The third-order valence-electron chi connectivity index (χ3n) is 7.41. The summed E-state index contributed by atoms with van der Waals surface area (Å²) in [4.78, 5) is 31.1. The smallest absolute Gasteiger partial charge is 0.274 e. The van der Waals surface area contributed by atoms with Crippen LogP contribution in [0.2, 0.25) is 0 Å². The predicted molar refractivity (Wildman–Crippen MR) is 128 cm³/mol. The Morgan fingerprint density at radius 3 is 2.76 bits per heavy atom. The summed E-state index contributed by atoms with van der Waals surface area (Å²) < 4.78 is 15.7. The molecule has 2 bridgehead atoms. The highest BCUT2D eigenvalue weighted by Gasteiger charge is 2.55. The number of hydrogen-bond donors (Lipinski definition) is 1. The van der Waals surface area contributed by atoms with Crippen molar-refractivity contribution in [2.24, 2.45) is 0 Å². The predicted octanol–water partition coefficient (Wildman–Crippen LogP) is 4.08. The van der Waals surface area contributed by atoms with Crippen molar-refractivity contribution in [3.63, 3.8) is 0 Å². The molecule has 2 atom stereocenters. The van der Waals surface area contributed by atoms with Crippen LogP contribution in [0.3, 0.4) is 0 Å². The number of hydrogen-bond acceptors (Lipinski definition) is 5. The van der Waals surface area contributed by atoms with Gasteiger partial charge in [-0.1, -0.05) is 0 Å². The number of anilines is 1. The minimum Gasteiger partial charge on any atom is -0.490 e. The number of rotatable bonds is 6. The summed E-state index contributed by atoms with van der Waals surface area (Å²) in [6, 6.07) is 5.49. The first kappa shape index (κ1) is 21.4. The van der Waals surface area contributed by atoms with Crippen molar-refractivity contribution in [2.45, 2.75) is 76.0 Å². The Kier molecular flexibility index (Phi) is 4.68. The average Bonchev–Trinajstić information content (AvgIpc) is 3.32. The van der Waals surface area contributed by atoms with Gasteiger partial charge in [0.2, 0.25) is 0 Å². The van der Waals surface area contributed by atoms with Gasteiger partial charge in [0.15, 0.2) is 0 Å². The maximum atomic E-state index is 13.3. The largest absolute Gasteiger partial charge is 0.490 e. The molecule has 6 rings (SSSR count). The number of carbonyl (C=O) groups excluding carboxylic acids is 1. The molecule has 3 aromatic heterocycles. The second-order valence-electron chi connectivity index (χ2n) is 10.6. The fourth-order valence-electron chi connectivity index (χ4n) is 5.48. The van der Waals surface area contributed by atoms with Crippen molar-refractivity contribution in [3.05, 3.63) is 58.4 Å². The van der Waals surface area contributed by atoms with Gasteiger partial charge < -0.3 is 23.8 Å². The zero-order chi connectivity index (χ0) is 23.7. The molecule has 3 fully saturated rings. The second kappa shape index (κ2) is 7.43. The van der Waals surface area contributed by atoms with Crippen LogP contribution in [-0.2, 0) is 10.2 Å². The van der Waals surface area contributed by atoms with Crippen LogP contribution < -0.4 is 15.6 Å². The van der Waals surface area contributed by atoms with E-state index < -0.39 is 0 Å². The number of carbonyl (C=O) groups is 1. The molecule has 1 aliphatic heterocycles. The number of amides is 1. The first-order chi connectivity index (χ1) is 16.3. The van der Waals surface area contributed by atoms with Crippen molar-refractivity contribution in [1.82, 2.24) is 14.0 Å².